The molecule has 0 aliphatic carbocycles. The van der Waals surface area contributed by atoms with Gasteiger partial charge in [0.15, 0.2) is 5.82 Å². The van der Waals surface area contributed by atoms with E-state index in [1.807, 2.05) is 13.8 Å². The number of methoxy groups -OCH3 is 1. The number of nitrogen functional groups attached to an aromatic ring is 1. The summed E-state index contributed by atoms with van der Waals surface area (Å²) in [6.07, 6.45) is 2.15. The van der Waals surface area contributed by atoms with Crippen LogP contribution < -0.4 is 20.7 Å². The number of halogens is 1. The Morgan fingerprint density at radius 1 is 1.35 bits per heavy atom. The molecule has 37 heavy (non-hydrogen) atoms. The molecule has 0 unspecified atom stereocenters. The normalized spacial score (nSPS) is 14.7. The second-order valence-corrected chi connectivity index (χ2v) is 8.80. The maximum absolute atomic E-state index is 13.6. The molecule has 0 bridgehead atoms. The zero-order valence-electron chi connectivity index (χ0n) is 20.4. The maximum Gasteiger partial charge on any atom is 0.267 e. The van der Waals surface area contributed by atoms with E-state index >= 15 is 0 Å². The van der Waals surface area contributed by atoms with Crippen LogP contribution in [-0.2, 0) is 11.3 Å². The maximum atomic E-state index is 13.6. The summed E-state index contributed by atoms with van der Waals surface area (Å²) in [5.74, 6) is -0.0448. The first-order valence-electron chi connectivity index (χ1n) is 11.3. The third-order valence-electron chi connectivity index (χ3n) is 5.88. The minimum absolute atomic E-state index is 0.0123. The molecule has 0 spiro atoms. The molecule has 1 aliphatic heterocycles. The molecular weight excluding hydrogens is 502 g/mol. The van der Waals surface area contributed by atoms with Gasteiger partial charge in [-0.1, -0.05) is 11.6 Å². The smallest absolute Gasteiger partial charge is 0.267 e. The molecule has 0 radical (unpaired) electrons. The molecule has 12 nitrogen and oxygen atoms in total. The number of aliphatic hydroxyl groups excluding tert-OH is 2. The first kappa shape index (κ1) is 26.1. The van der Waals surface area contributed by atoms with Crippen LogP contribution >= 0.6 is 11.6 Å². The van der Waals surface area contributed by atoms with Crippen molar-refractivity contribution in [2.75, 3.05) is 30.9 Å². The fraction of sp³-hybridized carbons (Fsp3) is 0.292. The van der Waals surface area contributed by atoms with Crippen LogP contribution in [-0.4, -0.2) is 68.3 Å². The number of aromatic nitrogens is 4. The molecule has 3 aromatic rings. The van der Waals surface area contributed by atoms with E-state index < -0.39 is 24.5 Å². The van der Waals surface area contributed by atoms with Crippen LogP contribution in [0.25, 0.3) is 11.6 Å². The van der Waals surface area contributed by atoms with E-state index in [-0.39, 0.29) is 41.3 Å². The van der Waals surface area contributed by atoms with Crippen LogP contribution in [0.2, 0.25) is 5.15 Å². The number of aryl methyl sites for hydroxylation is 1. The van der Waals surface area contributed by atoms with Gasteiger partial charge in [-0.2, -0.15) is 4.98 Å². The van der Waals surface area contributed by atoms with E-state index in [0.717, 1.165) is 11.1 Å². The second kappa shape index (κ2) is 10.5. The Labute approximate surface area is 217 Å². The molecule has 0 saturated heterocycles. The summed E-state index contributed by atoms with van der Waals surface area (Å²) in [4.78, 5) is 43.0. The average molecular weight is 528 g/mol. The highest BCUT2D eigenvalue weighted by molar-refractivity contribution is 6.41. The molecule has 0 saturated carbocycles. The summed E-state index contributed by atoms with van der Waals surface area (Å²) in [7, 11) is 1.57. The van der Waals surface area contributed by atoms with Crippen LogP contribution in [0.4, 0.5) is 11.8 Å². The number of hydrogen-bond acceptors (Lipinski definition) is 9. The Morgan fingerprint density at radius 3 is 2.81 bits per heavy atom. The zero-order chi connectivity index (χ0) is 26.9. The largest absolute Gasteiger partial charge is 0.496 e. The summed E-state index contributed by atoms with van der Waals surface area (Å²) in [6, 6.07) is 3.14. The number of amides is 2. The lowest BCUT2D eigenvalue weighted by molar-refractivity contribution is -0.113. The number of pyridine rings is 1. The van der Waals surface area contributed by atoms with Crippen molar-refractivity contribution in [2.45, 2.75) is 26.5 Å². The minimum Gasteiger partial charge on any atom is -0.496 e. The van der Waals surface area contributed by atoms with E-state index in [0.29, 0.717) is 22.7 Å². The van der Waals surface area contributed by atoms with E-state index in [1.165, 1.54) is 11.0 Å². The summed E-state index contributed by atoms with van der Waals surface area (Å²) in [5.41, 5.74) is 9.27. The topological polar surface area (TPSA) is 180 Å². The van der Waals surface area contributed by atoms with E-state index in [9.17, 15) is 14.7 Å². The van der Waals surface area contributed by atoms with Crippen LogP contribution in [0.1, 0.15) is 38.6 Å². The molecule has 4 rings (SSSR count). The molecule has 0 aromatic carbocycles. The second-order valence-electron chi connectivity index (χ2n) is 8.44. The molecule has 4 heterocycles. The minimum atomic E-state index is -1.07. The summed E-state index contributed by atoms with van der Waals surface area (Å²) in [6.45, 7) is 3.24. The lowest BCUT2D eigenvalue weighted by Gasteiger charge is -2.19. The molecule has 3 aromatic heterocycles. The molecular formula is C24H26ClN7O5. The van der Waals surface area contributed by atoms with Crippen molar-refractivity contribution in [3.8, 4) is 5.75 Å². The van der Waals surface area contributed by atoms with Crippen LogP contribution in [0.15, 0.2) is 18.3 Å². The Morgan fingerprint density at radius 2 is 2.11 bits per heavy atom. The number of H-pyrrole nitrogens is 1. The number of carbonyl (C=O) groups excluding carboxylic acids is 2. The number of nitrogens with two attached hydrogens (primary N) is 1. The van der Waals surface area contributed by atoms with Crippen molar-refractivity contribution in [1.82, 2.24) is 25.3 Å². The predicted octanol–water partition coefficient (Wildman–Crippen LogP) is 1.23. The molecule has 1 atom stereocenters. The van der Waals surface area contributed by atoms with Crippen LogP contribution in [0, 0.1) is 13.8 Å². The molecule has 2 amide bonds. The fourth-order valence-electron chi connectivity index (χ4n) is 4.03. The lowest BCUT2D eigenvalue weighted by atomic mass is 10.1. The number of rotatable bonds is 8. The zero-order valence-corrected chi connectivity index (χ0v) is 21.1. The molecule has 0 fully saturated rings. The Balaban J connectivity index is 1.69. The first-order valence-corrected chi connectivity index (χ1v) is 11.6. The molecule has 1 aliphatic rings. The SMILES string of the molecule is COc1c(C)cnc(CN2C(=O)/C(=C\c3ccc(C(=O)NC[C@H](O)CO)[nH]3)c3c(Cl)nc(N)nc32)c1C. The van der Waals surface area contributed by atoms with Gasteiger partial charge < -0.3 is 31.0 Å². The summed E-state index contributed by atoms with van der Waals surface area (Å²) < 4.78 is 5.49. The van der Waals surface area contributed by atoms with E-state index in [2.05, 4.69) is 25.3 Å². The Hall–Kier alpha value is -4.00. The van der Waals surface area contributed by atoms with Crippen molar-refractivity contribution >= 4 is 46.8 Å². The number of carbonyl (C=O) groups is 2. The van der Waals surface area contributed by atoms with Crippen molar-refractivity contribution in [2.24, 2.45) is 0 Å². The van der Waals surface area contributed by atoms with Gasteiger partial charge >= 0.3 is 0 Å². The van der Waals surface area contributed by atoms with Gasteiger partial charge in [0.05, 0.1) is 43.2 Å². The number of aliphatic hydroxyl groups is 2. The molecule has 13 heteroatoms. The average Bonchev–Trinajstić information content (AvgIpc) is 3.43. The third-order valence-corrected chi connectivity index (χ3v) is 6.16. The monoisotopic (exact) mass is 527 g/mol. The van der Waals surface area contributed by atoms with Crippen LogP contribution in [0.5, 0.6) is 5.75 Å². The summed E-state index contributed by atoms with van der Waals surface area (Å²) >= 11 is 6.40. The standard InChI is InChI=1S/C24H26ClN7O5/c1-11-7-27-17(12(2)19(11)37-3)9-32-21-18(20(25)30-24(26)31-21)15(23(32)36)6-13-4-5-16(29-13)22(35)28-8-14(34)10-33/h4-7,14,29,33-34H,8-10H2,1-3H3,(H,28,35)(H2,26,30,31)/b15-6-/t14-/m0/s1. The van der Waals surface area contributed by atoms with Crippen molar-refractivity contribution < 1.29 is 24.5 Å². The van der Waals surface area contributed by atoms with Gasteiger partial charge in [0.25, 0.3) is 11.8 Å². The van der Waals surface area contributed by atoms with Gasteiger partial charge in [0.1, 0.15) is 16.6 Å². The predicted molar refractivity (Wildman–Crippen MR) is 137 cm³/mol. The number of ether oxygens (including phenoxy) is 1. The highest BCUT2D eigenvalue weighted by Gasteiger charge is 2.37. The number of anilines is 2. The first-order chi connectivity index (χ1) is 17.6. The fourth-order valence-corrected chi connectivity index (χ4v) is 4.30. The van der Waals surface area contributed by atoms with Gasteiger partial charge in [0, 0.05) is 29.6 Å². The number of nitrogens with zero attached hydrogens (tertiary/aromatic N) is 4. The quantitative estimate of drug-likeness (QED) is 0.213. The van der Waals surface area contributed by atoms with Gasteiger partial charge in [-0.15, -0.1) is 0 Å². The Kier molecular flexibility index (Phi) is 7.43. The van der Waals surface area contributed by atoms with Crippen LogP contribution in [0.3, 0.4) is 0 Å². The third kappa shape index (κ3) is 5.12. The highest BCUT2D eigenvalue weighted by atomic mass is 35.5. The van der Waals surface area contributed by atoms with Gasteiger partial charge in [-0.05, 0) is 32.1 Å². The van der Waals surface area contributed by atoms with Gasteiger partial charge in [-0.25, -0.2) is 4.98 Å². The molecule has 6 N–H and O–H groups in total. The van der Waals surface area contributed by atoms with Crippen molar-refractivity contribution in [3.63, 3.8) is 0 Å². The van der Waals surface area contributed by atoms with Crippen molar-refractivity contribution in [3.05, 3.63) is 57.3 Å². The number of aromatic amines is 1. The lowest BCUT2D eigenvalue weighted by Crippen LogP contribution is -2.34. The summed E-state index contributed by atoms with van der Waals surface area (Å²) in [5, 5.41) is 20.9. The van der Waals surface area contributed by atoms with Gasteiger partial charge in [-0.3, -0.25) is 19.5 Å². The van der Waals surface area contributed by atoms with E-state index in [4.69, 9.17) is 27.2 Å². The van der Waals surface area contributed by atoms with Gasteiger partial charge in [0.2, 0.25) is 5.95 Å². The number of hydrogen-bond donors (Lipinski definition) is 5. The highest BCUT2D eigenvalue weighted by Crippen LogP contribution is 2.41. The Bertz CT molecular complexity index is 1400. The molecule has 194 valence electrons. The number of nitrogens with one attached hydrogen (secondary N) is 2. The van der Waals surface area contributed by atoms with Crippen molar-refractivity contribution in [1.29, 1.82) is 0 Å². The number of fused-ring (bicyclic) bond motifs is 1. The van der Waals surface area contributed by atoms with E-state index in [1.54, 1.807) is 25.4 Å².